The molecule has 0 aliphatic carbocycles. The summed E-state index contributed by atoms with van der Waals surface area (Å²) in [5, 5.41) is 0.762. The molecule has 0 aliphatic rings. The summed E-state index contributed by atoms with van der Waals surface area (Å²) in [4.78, 5) is 15.7. The van der Waals surface area contributed by atoms with Crippen molar-refractivity contribution in [1.82, 2.24) is 9.55 Å². The first-order valence-electron chi connectivity index (χ1n) is 3.35. The largest absolute Gasteiger partial charge is 0.290 e. The van der Waals surface area contributed by atoms with Gasteiger partial charge >= 0.3 is 0 Å². The fraction of sp³-hybridized carbons (Fsp3) is 0.429. The number of thioether (sulfide) groups is 1. The third-order valence-electron chi connectivity index (χ3n) is 1.54. The highest BCUT2D eigenvalue weighted by Crippen LogP contribution is 2.11. The summed E-state index contributed by atoms with van der Waals surface area (Å²) in [6.45, 7) is 1.85. The van der Waals surface area contributed by atoms with Gasteiger partial charge in [-0.25, -0.2) is 4.98 Å². The van der Waals surface area contributed by atoms with Crippen LogP contribution in [0.4, 0.5) is 0 Å². The van der Waals surface area contributed by atoms with Crippen molar-refractivity contribution >= 4 is 34.4 Å². The van der Waals surface area contributed by atoms with E-state index in [0.717, 1.165) is 10.9 Å². The zero-order chi connectivity index (χ0) is 9.30. The van der Waals surface area contributed by atoms with Crippen LogP contribution in [-0.4, -0.2) is 15.8 Å². The van der Waals surface area contributed by atoms with E-state index in [-0.39, 0.29) is 5.56 Å². The van der Waals surface area contributed by atoms with Gasteiger partial charge in [-0.1, -0.05) is 11.8 Å². The highest BCUT2D eigenvalue weighted by atomic mass is 127. The summed E-state index contributed by atoms with van der Waals surface area (Å²) in [6.07, 6.45) is 1.91. The molecule has 1 heterocycles. The molecule has 0 N–H and O–H groups in total. The maximum Gasteiger partial charge on any atom is 0.267 e. The minimum absolute atomic E-state index is 0.0347. The Morgan fingerprint density at radius 3 is 2.67 bits per heavy atom. The van der Waals surface area contributed by atoms with Crippen molar-refractivity contribution < 1.29 is 0 Å². The van der Waals surface area contributed by atoms with E-state index in [1.54, 1.807) is 11.6 Å². The number of hydrogen-bond acceptors (Lipinski definition) is 3. The smallest absolute Gasteiger partial charge is 0.267 e. The van der Waals surface area contributed by atoms with Crippen molar-refractivity contribution in [3.63, 3.8) is 0 Å². The van der Waals surface area contributed by atoms with E-state index in [1.165, 1.54) is 11.8 Å². The maximum atomic E-state index is 11.5. The Morgan fingerprint density at radius 2 is 2.17 bits per heavy atom. The van der Waals surface area contributed by atoms with Gasteiger partial charge in [-0.15, -0.1) is 0 Å². The number of aromatic nitrogens is 2. The maximum absolute atomic E-state index is 11.5. The third-order valence-corrected chi connectivity index (χ3v) is 3.52. The lowest BCUT2D eigenvalue weighted by molar-refractivity contribution is 0.692. The summed E-state index contributed by atoms with van der Waals surface area (Å²) in [7, 11) is 1.74. The van der Waals surface area contributed by atoms with Gasteiger partial charge in [0.1, 0.15) is 0 Å². The Labute approximate surface area is 88.7 Å². The van der Waals surface area contributed by atoms with E-state index in [0.29, 0.717) is 3.57 Å². The van der Waals surface area contributed by atoms with Crippen LogP contribution in [0.5, 0.6) is 0 Å². The quantitative estimate of drug-likeness (QED) is 0.446. The lowest BCUT2D eigenvalue weighted by atomic mass is 10.4. The lowest BCUT2D eigenvalue weighted by Crippen LogP contribution is -2.23. The minimum Gasteiger partial charge on any atom is -0.290 e. The van der Waals surface area contributed by atoms with Gasteiger partial charge in [-0.3, -0.25) is 9.36 Å². The SMILES string of the molecule is CSc1nc(C)c(I)c(=O)n1C. The van der Waals surface area contributed by atoms with E-state index < -0.39 is 0 Å². The topological polar surface area (TPSA) is 34.9 Å². The van der Waals surface area contributed by atoms with Gasteiger partial charge in [0, 0.05) is 7.05 Å². The number of aryl methyl sites for hydroxylation is 1. The van der Waals surface area contributed by atoms with E-state index in [4.69, 9.17) is 0 Å². The van der Waals surface area contributed by atoms with Crippen molar-refractivity contribution in [3.05, 3.63) is 19.6 Å². The average Bonchev–Trinajstić information content (AvgIpc) is 2.08. The summed E-state index contributed by atoms with van der Waals surface area (Å²) in [5.41, 5.74) is 0.843. The van der Waals surface area contributed by atoms with Crippen molar-refractivity contribution in [2.75, 3.05) is 6.26 Å². The number of halogens is 1. The van der Waals surface area contributed by atoms with Crippen molar-refractivity contribution in [1.29, 1.82) is 0 Å². The zero-order valence-corrected chi connectivity index (χ0v) is 10.1. The molecule has 0 bridgehead atoms. The van der Waals surface area contributed by atoms with Gasteiger partial charge in [0.2, 0.25) is 0 Å². The van der Waals surface area contributed by atoms with Crippen LogP contribution >= 0.6 is 34.4 Å². The molecule has 3 nitrogen and oxygen atoms in total. The van der Waals surface area contributed by atoms with Crippen LogP contribution < -0.4 is 5.56 Å². The Morgan fingerprint density at radius 1 is 1.58 bits per heavy atom. The highest BCUT2D eigenvalue weighted by Gasteiger charge is 2.07. The molecule has 0 amide bonds. The standard InChI is InChI=1S/C7H9IN2OS/c1-4-5(8)6(11)10(2)7(9-4)12-3/h1-3H3. The number of rotatable bonds is 1. The van der Waals surface area contributed by atoms with Gasteiger partial charge in [0.15, 0.2) is 5.16 Å². The number of hydrogen-bond donors (Lipinski definition) is 0. The van der Waals surface area contributed by atoms with Gasteiger partial charge in [-0.05, 0) is 35.8 Å². The normalized spacial score (nSPS) is 10.3. The molecule has 1 aromatic rings. The van der Waals surface area contributed by atoms with Gasteiger partial charge in [0.25, 0.3) is 5.56 Å². The third kappa shape index (κ3) is 1.66. The molecule has 12 heavy (non-hydrogen) atoms. The zero-order valence-electron chi connectivity index (χ0n) is 7.09. The van der Waals surface area contributed by atoms with Crippen LogP contribution in [0.25, 0.3) is 0 Å². The lowest BCUT2D eigenvalue weighted by Gasteiger charge is -2.05. The van der Waals surface area contributed by atoms with Gasteiger partial charge in [0.05, 0.1) is 9.26 Å². The molecule has 0 atom stereocenters. The molecule has 0 aliphatic heterocycles. The average molecular weight is 296 g/mol. The molecular formula is C7H9IN2OS. The Hall–Kier alpha value is -0.0400. The molecule has 0 spiro atoms. The monoisotopic (exact) mass is 296 g/mol. The van der Waals surface area contributed by atoms with E-state index >= 15 is 0 Å². The number of nitrogens with zero attached hydrogens (tertiary/aromatic N) is 2. The first-order chi connectivity index (χ1) is 5.57. The molecule has 0 saturated carbocycles. The predicted molar refractivity (Wildman–Crippen MR) is 58.7 cm³/mol. The fourth-order valence-electron chi connectivity index (χ4n) is 0.839. The second kappa shape index (κ2) is 3.78. The predicted octanol–water partition coefficient (Wildman–Crippen LogP) is 1.42. The van der Waals surface area contributed by atoms with Crippen molar-refractivity contribution in [2.45, 2.75) is 12.1 Å². The van der Waals surface area contributed by atoms with Crippen LogP contribution in [0.1, 0.15) is 5.69 Å². The van der Waals surface area contributed by atoms with Crippen LogP contribution in [0.2, 0.25) is 0 Å². The molecule has 0 radical (unpaired) electrons. The Kier molecular flexibility index (Phi) is 3.16. The highest BCUT2D eigenvalue weighted by molar-refractivity contribution is 14.1. The summed E-state index contributed by atoms with van der Waals surface area (Å²) < 4.78 is 2.27. The first-order valence-corrected chi connectivity index (χ1v) is 5.65. The summed E-state index contributed by atoms with van der Waals surface area (Å²) >= 11 is 3.50. The molecule has 1 aromatic heterocycles. The fourth-order valence-corrected chi connectivity index (χ4v) is 1.91. The van der Waals surface area contributed by atoms with Gasteiger partial charge in [-0.2, -0.15) is 0 Å². The molecule has 5 heteroatoms. The molecule has 0 unspecified atom stereocenters. The second-order valence-electron chi connectivity index (χ2n) is 2.36. The van der Waals surface area contributed by atoms with E-state index in [1.807, 2.05) is 35.8 Å². The van der Waals surface area contributed by atoms with Crippen LogP contribution in [0.15, 0.2) is 9.95 Å². The van der Waals surface area contributed by atoms with Crippen molar-refractivity contribution in [3.8, 4) is 0 Å². The minimum atomic E-state index is 0.0347. The molecular weight excluding hydrogens is 287 g/mol. The van der Waals surface area contributed by atoms with Crippen LogP contribution in [0, 0.1) is 10.5 Å². The molecule has 0 aromatic carbocycles. The molecule has 0 saturated heterocycles. The van der Waals surface area contributed by atoms with E-state index in [9.17, 15) is 4.79 Å². The van der Waals surface area contributed by atoms with Crippen molar-refractivity contribution in [2.24, 2.45) is 7.05 Å². The first kappa shape index (κ1) is 10.0. The van der Waals surface area contributed by atoms with Crippen LogP contribution in [0.3, 0.4) is 0 Å². The molecule has 66 valence electrons. The Bertz CT molecular complexity index is 361. The molecule has 1 rings (SSSR count). The van der Waals surface area contributed by atoms with Gasteiger partial charge < -0.3 is 0 Å². The van der Waals surface area contributed by atoms with Crippen LogP contribution in [-0.2, 0) is 7.05 Å². The summed E-state index contributed by atoms with van der Waals surface area (Å²) in [6, 6.07) is 0. The van der Waals surface area contributed by atoms with E-state index in [2.05, 4.69) is 4.98 Å². The second-order valence-corrected chi connectivity index (χ2v) is 4.21. The Balaban J connectivity index is 3.50. The molecule has 0 fully saturated rings. The summed E-state index contributed by atoms with van der Waals surface area (Å²) in [5.74, 6) is 0.